The van der Waals surface area contributed by atoms with Gasteiger partial charge in [0.25, 0.3) is 0 Å². The lowest BCUT2D eigenvalue weighted by Crippen LogP contribution is -2.24. The van der Waals surface area contributed by atoms with Gasteiger partial charge in [-0.15, -0.1) is 0 Å². The van der Waals surface area contributed by atoms with E-state index in [2.05, 4.69) is 29.4 Å². The predicted molar refractivity (Wildman–Crippen MR) is 94.9 cm³/mol. The monoisotopic (exact) mass is 408 g/mol. The molecule has 0 amide bonds. The lowest BCUT2D eigenvalue weighted by Gasteiger charge is -2.21. The molecule has 1 saturated heterocycles. The van der Waals surface area contributed by atoms with E-state index in [4.69, 9.17) is 18.7 Å². The number of thiol groups is 2. The average Bonchev–Trinajstić information content (AvgIpc) is 2.73. The molecule has 23 heavy (non-hydrogen) atoms. The van der Waals surface area contributed by atoms with Gasteiger partial charge in [-0.25, -0.2) is 9.13 Å². The van der Waals surface area contributed by atoms with Gasteiger partial charge < -0.3 is 19.0 Å². The summed E-state index contributed by atoms with van der Waals surface area (Å²) in [6, 6.07) is -0.0487. The maximum atomic E-state index is 11.9. The average molecular weight is 408 g/mol. The number of hydrogen-bond donors (Lipinski definition) is 4. The summed E-state index contributed by atoms with van der Waals surface area (Å²) in [4.78, 5) is 18.5. The number of ether oxygens (including phenoxy) is 1. The molecule has 0 radical (unpaired) electrons. The molecule has 1 aliphatic heterocycles. The molecule has 8 nitrogen and oxygen atoms in total. The summed E-state index contributed by atoms with van der Waals surface area (Å²) in [5.74, 6) is 0.702. The third-order valence-electron chi connectivity index (χ3n) is 3.10. The molecule has 0 aliphatic carbocycles. The maximum Gasteiger partial charge on any atom is 0.472 e. The van der Waals surface area contributed by atoms with Crippen LogP contribution in [0.15, 0.2) is 0 Å². The second-order valence-electron chi connectivity index (χ2n) is 5.21. The summed E-state index contributed by atoms with van der Waals surface area (Å²) in [5, 5.41) is 0. The van der Waals surface area contributed by atoms with Crippen molar-refractivity contribution in [3.05, 3.63) is 0 Å². The third kappa shape index (κ3) is 9.89. The summed E-state index contributed by atoms with van der Waals surface area (Å²) in [6.45, 7) is -4.11. The molecule has 0 aromatic carbocycles. The van der Waals surface area contributed by atoms with Gasteiger partial charge in [-0.2, -0.15) is 12.6 Å². The van der Waals surface area contributed by atoms with Crippen molar-refractivity contribution in [1.82, 2.24) is 0 Å². The van der Waals surface area contributed by atoms with Gasteiger partial charge in [0.15, 0.2) is 0 Å². The molecule has 2 N–H and O–H groups in total. The number of hydrogen-bond acceptors (Lipinski definition) is 7. The van der Waals surface area contributed by atoms with Crippen molar-refractivity contribution in [2.75, 3.05) is 19.0 Å². The maximum absolute atomic E-state index is 11.9. The van der Waals surface area contributed by atoms with Crippen LogP contribution in [0.3, 0.4) is 0 Å². The van der Waals surface area contributed by atoms with Gasteiger partial charge in [-0.3, -0.25) is 9.05 Å². The Labute approximate surface area is 147 Å². The normalized spacial score (nSPS) is 30.0. The highest BCUT2D eigenvalue weighted by molar-refractivity contribution is 8.44. The van der Waals surface area contributed by atoms with Crippen LogP contribution in [0.5, 0.6) is 0 Å². The quantitative estimate of drug-likeness (QED) is 0.176. The Morgan fingerprint density at radius 1 is 1.22 bits per heavy atom. The predicted octanol–water partition coefficient (Wildman–Crippen LogP) is 1.38. The van der Waals surface area contributed by atoms with E-state index in [1.165, 1.54) is 0 Å². The van der Waals surface area contributed by atoms with Crippen LogP contribution in [0, 0.1) is 0 Å². The minimum Gasteiger partial charge on any atom is -0.381 e. The van der Waals surface area contributed by atoms with Crippen molar-refractivity contribution in [3.8, 4) is 0 Å². The molecule has 136 valence electrons. The van der Waals surface area contributed by atoms with E-state index in [0.717, 1.165) is 6.42 Å². The second kappa shape index (κ2) is 10.2. The summed E-state index contributed by atoms with van der Waals surface area (Å²) in [7, 11) is -2.35. The zero-order valence-corrected chi connectivity index (χ0v) is 16.4. The van der Waals surface area contributed by atoms with Gasteiger partial charge in [0.1, 0.15) is 7.85 Å². The van der Waals surface area contributed by atoms with Crippen molar-refractivity contribution in [3.63, 3.8) is 0 Å². The molecule has 5 unspecified atom stereocenters. The molecule has 1 rings (SSSR count). The summed E-state index contributed by atoms with van der Waals surface area (Å²) >= 11 is 7.47. The van der Waals surface area contributed by atoms with Gasteiger partial charge in [0, 0.05) is 6.00 Å². The van der Waals surface area contributed by atoms with E-state index in [9.17, 15) is 14.0 Å². The Morgan fingerprint density at radius 3 is 2.48 bits per heavy atom. The van der Waals surface area contributed by atoms with Crippen molar-refractivity contribution < 1.29 is 37.2 Å². The fourth-order valence-corrected chi connectivity index (χ4v) is 3.98. The molecule has 1 heterocycles. The number of phosphoric acid groups is 1. The Kier molecular flexibility index (Phi) is 9.78. The summed E-state index contributed by atoms with van der Waals surface area (Å²) in [5.41, 5.74) is 0. The second-order valence-corrected chi connectivity index (χ2v) is 9.82. The zero-order chi connectivity index (χ0) is 17.5. The molecular weight excluding hydrogens is 385 g/mol. The highest BCUT2D eigenvalue weighted by Crippen LogP contribution is 2.48. The molecule has 13 heteroatoms. The standard InChI is InChI=1S/C10H23BO8P2S2/c11-10-7-9(8(18-10)3-1-6-22)19-20(12,13)16-4-2-5-17-21(14,15)23/h8-10,22H,1-7,11H2,(H,12,13)(H2,14,15,23). The van der Waals surface area contributed by atoms with Gasteiger partial charge in [0.05, 0.1) is 25.4 Å². The first-order chi connectivity index (χ1) is 10.6. The van der Waals surface area contributed by atoms with Crippen molar-refractivity contribution >= 4 is 47.3 Å². The van der Waals surface area contributed by atoms with E-state index in [1.54, 1.807) is 0 Å². The van der Waals surface area contributed by atoms with Crippen LogP contribution in [0.4, 0.5) is 0 Å². The van der Waals surface area contributed by atoms with Crippen LogP contribution in [0.2, 0.25) is 0 Å². The van der Waals surface area contributed by atoms with Crippen molar-refractivity contribution in [2.45, 2.75) is 43.9 Å². The lowest BCUT2D eigenvalue weighted by molar-refractivity contribution is 0.0191. The minimum atomic E-state index is -4.22. The molecule has 1 aliphatic rings. The van der Waals surface area contributed by atoms with Crippen molar-refractivity contribution in [1.29, 1.82) is 0 Å². The Morgan fingerprint density at radius 2 is 1.87 bits per heavy atom. The van der Waals surface area contributed by atoms with E-state index < -0.39 is 20.7 Å². The van der Waals surface area contributed by atoms with Crippen LogP contribution in [0.25, 0.3) is 0 Å². The van der Waals surface area contributed by atoms with Crippen LogP contribution in [-0.2, 0) is 27.4 Å². The van der Waals surface area contributed by atoms with Crippen molar-refractivity contribution in [2.24, 2.45) is 0 Å². The van der Waals surface area contributed by atoms with Crippen LogP contribution >= 0.6 is 39.5 Å². The van der Waals surface area contributed by atoms with E-state index >= 15 is 0 Å². The fourth-order valence-electron chi connectivity index (χ4n) is 2.20. The smallest absolute Gasteiger partial charge is 0.381 e. The zero-order valence-electron chi connectivity index (χ0n) is 12.8. The molecule has 0 aromatic heterocycles. The van der Waals surface area contributed by atoms with Gasteiger partial charge in [0.2, 0.25) is 0 Å². The Hall–Kier alpha value is 0.985. The highest BCUT2D eigenvalue weighted by atomic mass is 32.7. The Balaban J connectivity index is 2.35. The van der Waals surface area contributed by atoms with E-state index in [1.807, 2.05) is 7.85 Å². The molecule has 0 saturated carbocycles. The molecule has 0 aromatic rings. The first-order valence-corrected chi connectivity index (χ1v) is 12.1. The number of phosphoric ester groups is 1. The first-order valence-electron chi connectivity index (χ1n) is 7.25. The van der Waals surface area contributed by atoms with Crippen LogP contribution in [-0.4, -0.2) is 54.8 Å². The summed E-state index contributed by atoms with van der Waals surface area (Å²) in [6.07, 6.45) is 1.42. The molecule has 1 fully saturated rings. The molecular formula is C10H23BO8P2S2. The largest absolute Gasteiger partial charge is 0.472 e. The summed E-state index contributed by atoms with van der Waals surface area (Å²) < 4.78 is 42.9. The Bertz CT molecular complexity index is 451. The molecule has 0 bridgehead atoms. The van der Waals surface area contributed by atoms with Gasteiger partial charge in [-0.1, -0.05) is 12.2 Å². The third-order valence-corrected chi connectivity index (χ3v) is 5.33. The molecule has 5 atom stereocenters. The topological polar surface area (TPSA) is 112 Å². The number of rotatable bonds is 11. The highest BCUT2D eigenvalue weighted by Gasteiger charge is 2.38. The van der Waals surface area contributed by atoms with Crippen LogP contribution in [0.1, 0.15) is 25.7 Å². The SMILES string of the molecule is BC1CC(OP(=O)(O)OCCCOP(=O)(O)S)C(CCCS)O1. The van der Waals surface area contributed by atoms with Gasteiger partial charge in [-0.05, 0) is 31.4 Å². The van der Waals surface area contributed by atoms with Crippen LogP contribution < -0.4 is 0 Å². The van der Waals surface area contributed by atoms with Gasteiger partial charge >= 0.3 is 14.6 Å². The minimum absolute atomic E-state index is 0.0487. The molecule has 0 spiro atoms. The van der Waals surface area contributed by atoms with E-state index in [0.29, 0.717) is 18.6 Å². The first kappa shape index (κ1) is 22.0. The lowest BCUT2D eigenvalue weighted by atomic mass is 9.96. The fraction of sp³-hybridized carbons (Fsp3) is 1.00. The van der Waals surface area contributed by atoms with E-state index in [-0.39, 0.29) is 31.7 Å².